The highest BCUT2D eigenvalue weighted by Gasteiger charge is 2.21. The Balaban J connectivity index is 1.50. The number of hydrogen-bond donors (Lipinski definition) is 2. The molecule has 0 radical (unpaired) electrons. The van der Waals surface area contributed by atoms with Crippen molar-refractivity contribution >= 4 is 5.95 Å². The molecule has 116 valence electrons. The SMILES string of the molecule is C[C@H](CNc1ncccn1)NC1CCc2cc(F)ccc2O1. The zero-order valence-electron chi connectivity index (χ0n) is 12.4. The first-order valence-electron chi connectivity index (χ1n) is 7.43. The summed E-state index contributed by atoms with van der Waals surface area (Å²) in [6.45, 7) is 2.76. The average Bonchev–Trinajstić information content (AvgIpc) is 2.54. The minimum absolute atomic E-state index is 0.0635. The van der Waals surface area contributed by atoms with Crippen LogP contribution >= 0.6 is 0 Å². The zero-order chi connectivity index (χ0) is 15.4. The summed E-state index contributed by atoms with van der Waals surface area (Å²) in [5, 5.41) is 6.58. The number of hydrogen-bond acceptors (Lipinski definition) is 5. The van der Waals surface area contributed by atoms with E-state index in [-0.39, 0.29) is 18.1 Å². The minimum atomic E-state index is -0.214. The number of benzene rings is 1. The molecule has 2 atom stereocenters. The topological polar surface area (TPSA) is 59.1 Å². The third-order valence-electron chi connectivity index (χ3n) is 3.57. The van der Waals surface area contributed by atoms with E-state index in [1.54, 1.807) is 30.6 Å². The molecule has 1 unspecified atom stereocenters. The summed E-state index contributed by atoms with van der Waals surface area (Å²) in [6, 6.07) is 6.64. The first kappa shape index (κ1) is 14.7. The number of aryl methyl sites for hydroxylation is 1. The summed E-state index contributed by atoms with van der Waals surface area (Å²) in [6.07, 6.45) is 4.98. The standard InChI is InChI=1S/C16H19FN4O/c1-11(10-20-16-18-7-2-8-19-16)21-15-6-3-12-9-13(17)4-5-14(12)22-15/h2,4-5,7-9,11,15,21H,3,6,10H2,1H3,(H,18,19,20)/t11-,15?/m1/s1. The highest BCUT2D eigenvalue weighted by Crippen LogP contribution is 2.27. The van der Waals surface area contributed by atoms with Crippen molar-refractivity contribution in [1.82, 2.24) is 15.3 Å². The number of rotatable bonds is 5. The van der Waals surface area contributed by atoms with E-state index in [0.717, 1.165) is 24.2 Å². The van der Waals surface area contributed by atoms with Crippen LogP contribution in [0.3, 0.4) is 0 Å². The molecule has 6 heteroatoms. The predicted octanol–water partition coefficient (Wildman–Crippen LogP) is 2.36. The summed E-state index contributed by atoms with van der Waals surface area (Å²) in [5.41, 5.74) is 0.932. The molecule has 1 aliphatic rings. The molecule has 0 saturated carbocycles. The van der Waals surface area contributed by atoms with Crippen LogP contribution in [0.2, 0.25) is 0 Å². The van der Waals surface area contributed by atoms with Gasteiger partial charge in [-0.2, -0.15) is 0 Å². The monoisotopic (exact) mass is 302 g/mol. The molecule has 0 saturated heterocycles. The molecule has 22 heavy (non-hydrogen) atoms. The smallest absolute Gasteiger partial charge is 0.222 e. The largest absolute Gasteiger partial charge is 0.475 e. The number of halogens is 1. The van der Waals surface area contributed by atoms with Gasteiger partial charge in [0.25, 0.3) is 0 Å². The molecule has 1 aromatic heterocycles. The Morgan fingerprint density at radius 1 is 1.36 bits per heavy atom. The highest BCUT2D eigenvalue weighted by molar-refractivity contribution is 5.35. The van der Waals surface area contributed by atoms with Crippen LogP contribution < -0.4 is 15.4 Å². The maximum Gasteiger partial charge on any atom is 0.222 e. The normalized spacial score (nSPS) is 18.2. The lowest BCUT2D eigenvalue weighted by atomic mass is 10.0. The molecule has 2 heterocycles. The van der Waals surface area contributed by atoms with E-state index in [4.69, 9.17) is 4.74 Å². The number of ether oxygens (including phenoxy) is 1. The number of nitrogens with zero attached hydrogens (tertiary/aromatic N) is 2. The van der Waals surface area contributed by atoms with E-state index in [2.05, 4.69) is 27.5 Å². The molecule has 1 aliphatic heterocycles. The van der Waals surface area contributed by atoms with Gasteiger partial charge in [0.2, 0.25) is 5.95 Å². The third kappa shape index (κ3) is 3.71. The number of anilines is 1. The Morgan fingerprint density at radius 2 is 2.18 bits per heavy atom. The highest BCUT2D eigenvalue weighted by atomic mass is 19.1. The second-order valence-electron chi connectivity index (χ2n) is 5.42. The van der Waals surface area contributed by atoms with Gasteiger partial charge in [-0.15, -0.1) is 0 Å². The fourth-order valence-corrected chi connectivity index (χ4v) is 2.49. The lowest BCUT2D eigenvalue weighted by Gasteiger charge is -2.29. The van der Waals surface area contributed by atoms with E-state index in [9.17, 15) is 4.39 Å². The van der Waals surface area contributed by atoms with Crippen molar-refractivity contribution in [3.8, 4) is 5.75 Å². The van der Waals surface area contributed by atoms with E-state index in [1.807, 2.05) is 0 Å². The maximum atomic E-state index is 13.2. The van der Waals surface area contributed by atoms with Crippen molar-refractivity contribution in [3.05, 3.63) is 48.0 Å². The predicted molar refractivity (Wildman–Crippen MR) is 82.3 cm³/mol. The molecule has 2 N–H and O–H groups in total. The van der Waals surface area contributed by atoms with Crippen LogP contribution in [-0.2, 0) is 6.42 Å². The summed E-state index contributed by atoms with van der Waals surface area (Å²) in [5.74, 6) is 1.16. The van der Waals surface area contributed by atoms with Gasteiger partial charge >= 0.3 is 0 Å². The third-order valence-corrected chi connectivity index (χ3v) is 3.57. The zero-order valence-corrected chi connectivity index (χ0v) is 12.4. The van der Waals surface area contributed by atoms with E-state index in [1.165, 1.54) is 6.07 Å². The lowest BCUT2D eigenvalue weighted by molar-refractivity contribution is 0.127. The molecule has 1 aromatic carbocycles. The molecular weight excluding hydrogens is 283 g/mol. The summed E-state index contributed by atoms with van der Waals surface area (Å²) in [7, 11) is 0. The quantitative estimate of drug-likeness (QED) is 0.888. The van der Waals surface area contributed by atoms with Crippen molar-refractivity contribution in [1.29, 1.82) is 0 Å². The molecular formula is C16H19FN4O. The van der Waals surface area contributed by atoms with E-state index >= 15 is 0 Å². The number of nitrogens with one attached hydrogen (secondary N) is 2. The van der Waals surface area contributed by atoms with Crippen molar-refractivity contribution in [3.63, 3.8) is 0 Å². The fraction of sp³-hybridized carbons (Fsp3) is 0.375. The van der Waals surface area contributed by atoms with Crippen LogP contribution in [0, 0.1) is 5.82 Å². The van der Waals surface area contributed by atoms with Gasteiger partial charge in [-0.3, -0.25) is 5.32 Å². The van der Waals surface area contributed by atoms with Gasteiger partial charge in [0, 0.05) is 31.4 Å². The summed E-state index contributed by atoms with van der Waals surface area (Å²) >= 11 is 0. The Morgan fingerprint density at radius 3 is 3.00 bits per heavy atom. The van der Waals surface area contributed by atoms with Crippen LogP contribution in [0.5, 0.6) is 5.75 Å². The van der Waals surface area contributed by atoms with E-state index in [0.29, 0.717) is 12.5 Å². The van der Waals surface area contributed by atoms with Crippen LogP contribution in [0.25, 0.3) is 0 Å². The van der Waals surface area contributed by atoms with Crippen LogP contribution in [0.1, 0.15) is 18.9 Å². The molecule has 0 bridgehead atoms. The maximum absolute atomic E-state index is 13.2. The molecule has 0 amide bonds. The van der Waals surface area contributed by atoms with Gasteiger partial charge in [-0.25, -0.2) is 14.4 Å². The second-order valence-corrected chi connectivity index (χ2v) is 5.42. The van der Waals surface area contributed by atoms with Crippen LogP contribution in [-0.4, -0.2) is 28.8 Å². The first-order valence-corrected chi connectivity index (χ1v) is 7.43. The molecule has 5 nitrogen and oxygen atoms in total. The fourth-order valence-electron chi connectivity index (χ4n) is 2.49. The van der Waals surface area contributed by atoms with Gasteiger partial charge in [0.15, 0.2) is 6.23 Å². The molecule has 2 aromatic rings. The summed E-state index contributed by atoms with van der Waals surface area (Å²) < 4.78 is 19.0. The van der Waals surface area contributed by atoms with Gasteiger partial charge in [0.1, 0.15) is 11.6 Å². The average molecular weight is 302 g/mol. The summed E-state index contributed by atoms with van der Waals surface area (Å²) in [4.78, 5) is 8.24. The van der Waals surface area contributed by atoms with Crippen LogP contribution in [0.4, 0.5) is 10.3 Å². The molecule has 0 spiro atoms. The lowest BCUT2D eigenvalue weighted by Crippen LogP contribution is -2.45. The Kier molecular flexibility index (Phi) is 4.48. The number of fused-ring (bicyclic) bond motifs is 1. The van der Waals surface area contributed by atoms with Crippen molar-refractivity contribution in [2.45, 2.75) is 32.0 Å². The van der Waals surface area contributed by atoms with E-state index < -0.39 is 0 Å². The molecule has 0 fully saturated rings. The van der Waals surface area contributed by atoms with Gasteiger partial charge in [-0.1, -0.05) is 0 Å². The van der Waals surface area contributed by atoms with Gasteiger partial charge in [0.05, 0.1) is 0 Å². The number of aromatic nitrogens is 2. The molecule has 3 rings (SSSR count). The Hall–Kier alpha value is -2.21. The van der Waals surface area contributed by atoms with Crippen molar-refractivity contribution < 1.29 is 9.13 Å². The first-order chi connectivity index (χ1) is 10.7. The van der Waals surface area contributed by atoms with Crippen LogP contribution in [0.15, 0.2) is 36.7 Å². The second kappa shape index (κ2) is 6.70. The Labute approximate surface area is 128 Å². The van der Waals surface area contributed by atoms with Gasteiger partial charge in [-0.05, 0) is 43.2 Å². The molecule has 0 aliphatic carbocycles. The van der Waals surface area contributed by atoms with Crippen molar-refractivity contribution in [2.75, 3.05) is 11.9 Å². The van der Waals surface area contributed by atoms with Gasteiger partial charge < -0.3 is 10.1 Å². The Bertz CT molecular complexity index is 623. The minimum Gasteiger partial charge on any atom is -0.475 e. The van der Waals surface area contributed by atoms with Crippen molar-refractivity contribution in [2.24, 2.45) is 0 Å².